The summed E-state index contributed by atoms with van der Waals surface area (Å²) in [6.45, 7) is 1.33. The van der Waals surface area contributed by atoms with E-state index in [1.54, 1.807) is 9.29 Å². The third-order valence-electron chi connectivity index (χ3n) is 6.74. The molecule has 15 heteroatoms. The highest BCUT2D eigenvalue weighted by Crippen LogP contribution is 2.41. The van der Waals surface area contributed by atoms with Crippen molar-refractivity contribution in [1.82, 2.24) is 19.3 Å². The summed E-state index contributed by atoms with van der Waals surface area (Å²) in [7, 11) is -4.67. The van der Waals surface area contributed by atoms with Crippen molar-refractivity contribution in [2.75, 3.05) is 0 Å². The van der Waals surface area contributed by atoms with Gasteiger partial charge in [0, 0.05) is 23.8 Å². The third-order valence-corrected chi connectivity index (χ3v) is 8.38. The quantitative estimate of drug-likeness (QED) is 0.384. The molecule has 0 radical (unpaired) electrons. The number of hydrogen-bond donors (Lipinski definition) is 2. The van der Waals surface area contributed by atoms with Crippen molar-refractivity contribution in [3.63, 3.8) is 0 Å². The fourth-order valence-electron chi connectivity index (χ4n) is 4.67. The van der Waals surface area contributed by atoms with Gasteiger partial charge >= 0.3 is 12.4 Å². The minimum atomic E-state index is -4.88. The van der Waals surface area contributed by atoms with E-state index in [1.165, 1.54) is 6.07 Å². The number of nitrogens with zero attached hydrogens (tertiary/aromatic N) is 3. The van der Waals surface area contributed by atoms with Crippen LogP contribution in [0.4, 0.5) is 26.3 Å². The van der Waals surface area contributed by atoms with Gasteiger partial charge < -0.3 is 10.3 Å². The van der Waals surface area contributed by atoms with Crippen molar-refractivity contribution in [2.24, 2.45) is 5.73 Å². The molecule has 39 heavy (non-hydrogen) atoms. The Kier molecular flexibility index (Phi) is 7.21. The zero-order chi connectivity index (χ0) is 29.0. The molecule has 3 aromatic heterocycles. The van der Waals surface area contributed by atoms with Gasteiger partial charge in [0.05, 0.1) is 22.5 Å². The van der Waals surface area contributed by atoms with Gasteiger partial charge in [0.2, 0.25) is 10.0 Å². The number of pyridine rings is 2. The number of carbonyl (C=O) groups excluding carboxylic acids is 1. The fourth-order valence-corrected chi connectivity index (χ4v) is 6.01. The number of rotatable bonds is 6. The van der Waals surface area contributed by atoms with Crippen LogP contribution in [-0.2, 0) is 16.2 Å². The van der Waals surface area contributed by atoms with Gasteiger partial charge in [-0.3, -0.25) is 9.78 Å². The highest BCUT2D eigenvalue weighted by molar-refractivity contribution is 7.89. The molecule has 1 amide bonds. The molecule has 3 aromatic rings. The Bertz CT molecular complexity index is 1510. The second kappa shape index (κ2) is 9.77. The van der Waals surface area contributed by atoms with Gasteiger partial charge in [0.25, 0.3) is 5.91 Å². The summed E-state index contributed by atoms with van der Waals surface area (Å²) < 4.78 is 109. The molecule has 4 rings (SSSR count). The Morgan fingerprint density at radius 3 is 2.18 bits per heavy atom. The van der Waals surface area contributed by atoms with Gasteiger partial charge in [-0.05, 0) is 44.9 Å². The third kappa shape index (κ3) is 5.46. The molecule has 1 aliphatic rings. The number of fused-ring (bicyclic) bond motifs is 1. The number of alkyl halides is 6. The van der Waals surface area contributed by atoms with Gasteiger partial charge in [0.15, 0.2) is 0 Å². The van der Waals surface area contributed by atoms with Gasteiger partial charge in [-0.2, -0.15) is 31.1 Å². The number of aromatic nitrogens is 3. The van der Waals surface area contributed by atoms with Gasteiger partial charge in [-0.1, -0.05) is 19.3 Å². The number of amides is 1. The molecular formula is C24H25F6N5O3S. The average molecular weight is 578 g/mol. The molecule has 8 nitrogen and oxygen atoms in total. The number of nitrogens with two attached hydrogens (primary N) is 1. The van der Waals surface area contributed by atoms with E-state index < -0.39 is 44.3 Å². The van der Waals surface area contributed by atoms with Crippen LogP contribution in [0.3, 0.4) is 0 Å². The average Bonchev–Trinajstić information content (AvgIpc) is 3.17. The van der Waals surface area contributed by atoms with Crippen molar-refractivity contribution >= 4 is 27.0 Å². The minimum absolute atomic E-state index is 0.00466. The number of hydrogen-bond acceptors (Lipinski definition) is 5. The molecule has 0 saturated heterocycles. The largest absolute Gasteiger partial charge is 0.417 e. The van der Waals surface area contributed by atoms with E-state index in [0.29, 0.717) is 32.9 Å². The summed E-state index contributed by atoms with van der Waals surface area (Å²) in [6, 6.07) is 2.69. The van der Waals surface area contributed by atoms with E-state index >= 15 is 0 Å². The molecule has 1 saturated carbocycles. The number of halogens is 6. The first-order valence-electron chi connectivity index (χ1n) is 11.9. The van der Waals surface area contributed by atoms with E-state index in [-0.39, 0.29) is 34.0 Å². The van der Waals surface area contributed by atoms with Crippen LogP contribution in [0.2, 0.25) is 0 Å². The zero-order valence-electron chi connectivity index (χ0n) is 20.8. The van der Waals surface area contributed by atoms with Gasteiger partial charge in [0.1, 0.15) is 16.1 Å². The summed E-state index contributed by atoms with van der Waals surface area (Å²) in [5.41, 5.74) is 1.64. The highest BCUT2D eigenvalue weighted by Gasteiger charge is 2.50. The smallest absolute Gasteiger partial charge is 0.366 e. The normalized spacial score (nSPS) is 16.1. The van der Waals surface area contributed by atoms with E-state index in [9.17, 15) is 39.6 Å². The van der Waals surface area contributed by atoms with Crippen molar-refractivity contribution in [2.45, 2.75) is 74.8 Å². The Morgan fingerprint density at radius 1 is 1.03 bits per heavy atom. The maximum Gasteiger partial charge on any atom is 0.417 e. The first-order valence-corrected chi connectivity index (χ1v) is 13.4. The van der Waals surface area contributed by atoms with Crippen molar-refractivity contribution in [3.05, 3.63) is 41.7 Å². The number of nitrogens with one attached hydrogen (secondary N) is 1. The highest BCUT2D eigenvalue weighted by atomic mass is 32.2. The fraction of sp³-hybridized carbons (Fsp3) is 0.458. The van der Waals surface area contributed by atoms with E-state index in [4.69, 9.17) is 5.73 Å². The maximum absolute atomic E-state index is 13.5. The molecule has 1 aliphatic carbocycles. The number of carbonyl (C=O) groups is 1. The maximum atomic E-state index is 13.5. The summed E-state index contributed by atoms with van der Waals surface area (Å²) in [5.74, 6) is -1.04. The number of sulfonamides is 1. The summed E-state index contributed by atoms with van der Waals surface area (Å²) in [4.78, 5) is 20.1. The Hall–Kier alpha value is -3.20. The lowest BCUT2D eigenvalue weighted by Gasteiger charge is -2.28. The molecule has 0 spiro atoms. The Morgan fingerprint density at radius 2 is 1.67 bits per heavy atom. The van der Waals surface area contributed by atoms with Crippen LogP contribution in [0.25, 0.3) is 22.4 Å². The lowest BCUT2D eigenvalue weighted by atomic mass is 9.95. The van der Waals surface area contributed by atoms with E-state index in [2.05, 4.69) is 9.97 Å². The van der Waals surface area contributed by atoms with Crippen molar-refractivity contribution < 1.29 is 39.6 Å². The van der Waals surface area contributed by atoms with Crippen LogP contribution >= 0.6 is 0 Å². The van der Waals surface area contributed by atoms with Crippen LogP contribution in [0, 0.1) is 0 Å². The molecule has 3 N–H and O–H groups in total. The van der Waals surface area contributed by atoms with Crippen molar-refractivity contribution in [1.29, 1.82) is 0 Å². The Balaban J connectivity index is 1.90. The summed E-state index contributed by atoms with van der Waals surface area (Å²) in [5, 5.41) is -0.134. The molecule has 0 bridgehead atoms. The number of primary amides is 1. The zero-order valence-corrected chi connectivity index (χ0v) is 21.6. The van der Waals surface area contributed by atoms with Crippen LogP contribution in [0.15, 0.2) is 35.5 Å². The molecule has 0 aromatic carbocycles. The molecular weight excluding hydrogens is 552 g/mol. The second-order valence-electron chi connectivity index (χ2n) is 9.95. The predicted octanol–water partition coefficient (Wildman–Crippen LogP) is 5.34. The summed E-state index contributed by atoms with van der Waals surface area (Å²) in [6.07, 6.45) is -4.28. The van der Waals surface area contributed by atoms with Crippen molar-refractivity contribution in [3.8, 4) is 11.4 Å². The van der Waals surface area contributed by atoms with Gasteiger partial charge in [-0.25, -0.2) is 13.4 Å². The molecule has 212 valence electrons. The second-order valence-corrected chi connectivity index (χ2v) is 11.6. The van der Waals surface area contributed by atoms with E-state index in [0.717, 1.165) is 37.6 Å². The van der Waals surface area contributed by atoms with Crippen LogP contribution in [0.1, 0.15) is 67.9 Å². The molecule has 0 aliphatic heterocycles. The topological polar surface area (TPSA) is 120 Å². The first kappa shape index (κ1) is 28.8. The molecule has 0 atom stereocenters. The molecule has 3 heterocycles. The standard InChI is InChI=1S/C24H25F6N5O3S/c1-22(2,24(28,29)30)34-39(37,38)15-8-9-17(32-12-15)19-18(20(31)36)16-10-13(23(25,26)27)11-33-21(16)35(19)14-6-4-3-5-7-14/h8-12,14,34H,3-7H2,1-2H3,(H2,31,36). The summed E-state index contributed by atoms with van der Waals surface area (Å²) >= 11 is 0. The lowest BCUT2D eigenvalue weighted by Crippen LogP contribution is -2.54. The molecule has 1 fully saturated rings. The van der Waals surface area contributed by atoms with Crippen LogP contribution < -0.4 is 10.5 Å². The Labute approximate surface area is 219 Å². The first-order chi connectivity index (χ1) is 17.9. The predicted molar refractivity (Wildman–Crippen MR) is 129 cm³/mol. The van der Waals surface area contributed by atoms with Crippen LogP contribution in [0.5, 0.6) is 0 Å². The molecule has 0 unspecified atom stereocenters. The van der Waals surface area contributed by atoms with Gasteiger partial charge in [-0.15, -0.1) is 0 Å². The lowest BCUT2D eigenvalue weighted by molar-refractivity contribution is -0.180. The van der Waals surface area contributed by atoms with Crippen LogP contribution in [-0.4, -0.2) is 40.6 Å². The van der Waals surface area contributed by atoms with E-state index in [1.807, 2.05) is 0 Å². The monoisotopic (exact) mass is 577 g/mol. The SMILES string of the molecule is CC(C)(NS(=O)(=O)c1ccc(-c2c(C(N)=O)c3cc(C(F)(F)F)cnc3n2C2CCCCC2)nc1)C(F)(F)F. The minimum Gasteiger partial charge on any atom is -0.366 e.